The van der Waals surface area contributed by atoms with E-state index < -0.39 is 0 Å². The fourth-order valence-corrected chi connectivity index (χ4v) is 2.94. The molecule has 0 bridgehead atoms. The molecule has 0 aliphatic rings. The zero-order chi connectivity index (χ0) is 18.9. The standard InChI is InChI=1S/C21H23Cl2NO2/c1-15(25)13-17-6-4-16(5-7-17)8-10-19(26)3-2-12-24-18-9-11-20(22)21(23)14-18/h4-7,9,11,14,24H,2-3,8,10,12-13H2,1H3. The SMILES string of the molecule is CC(=O)Cc1ccc(CCC(=O)CCCNc2ccc(Cl)c(Cl)c2)cc1. The lowest BCUT2D eigenvalue weighted by molar-refractivity contribution is -0.119. The number of nitrogens with one attached hydrogen (secondary N) is 1. The van der Waals surface area contributed by atoms with E-state index in [4.69, 9.17) is 23.2 Å². The molecule has 0 aliphatic heterocycles. The number of aryl methyl sites for hydroxylation is 1. The van der Waals surface area contributed by atoms with Crippen LogP contribution in [0.15, 0.2) is 42.5 Å². The van der Waals surface area contributed by atoms with Gasteiger partial charge in [0.05, 0.1) is 10.0 Å². The van der Waals surface area contributed by atoms with Gasteiger partial charge in [-0.05, 0) is 49.1 Å². The van der Waals surface area contributed by atoms with E-state index in [1.54, 1.807) is 19.1 Å². The molecule has 3 nitrogen and oxygen atoms in total. The summed E-state index contributed by atoms with van der Waals surface area (Å²) < 4.78 is 0. The first-order valence-corrected chi connectivity index (χ1v) is 9.47. The lowest BCUT2D eigenvalue weighted by atomic mass is 10.0. The molecule has 0 heterocycles. The Morgan fingerprint density at radius 1 is 0.923 bits per heavy atom. The van der Waals surface area contributed by atoms with Crippen molar-refractivity contribution in [2.24, 2.45) is 0 Å². The first-order chi connectivity index (χ1) is 12.4. The van der Waals surface area contributed by atoms with Crippen molar-refractivity contribution in [3.05, 3.63) is 63.6 Å². The highest BCUT2D eigenvalue weighted by atomic mass is 35.5. The number of ketones is 2. The second-order valence-corrected chi connectivity index (χ2v) is 7.21. The number of halogens is 2. The molecule has 0 fully saturated rings. The van der Waals surface area contributed by atoms with Crippen LogP contribution in [-0.2, 0) is 22.4 Å². The van der Waals surface area contributed by atoms with Gasteiger partial charge >= 0.3 is 0 Å². The smallest absolute Gasteiger partial charge is 0.134 e. The Morgan fingerprint density at radius 3 is 2.27 bits per heavy atom. The van der Waals surface area contributed by atoms with Gasteiger partial charge in [0.25, 0.3) is 0 Å². The maximum atomic E-state index is 12.0. The van der Waals surface area contributed by atoms with E-state index in [0.717, 1.165) is 29.7 Å². The molecule has 0 spiro atoms. The molecule has 2 aromatic rings. The molecule has 2 aromatic carbocycles. The Kier molecular flexibility index (Phi) is 8.14. The van der Waals surface area contributed by atoms with Gasteiger partial charge in [-0.3, -0.25) is 9.59 Å². The van der Waals surface area contributed by atoms with E-state index in [1.165, 1.54) is 0 Å². The van der Waals surface area contributed by atoms with Crippen LogP contribution in [0.25, 0.3) is 0 Å². The molecule has 0 amide bonds. The van der Waals surface area contributed by atoms with Gasteiger partial charge in [0.1, 0.15) is 11.6 Å². The molecule has 138 valence electrons. The highest BCUT2D eigenvalue weighted by Crippen LogP contribution is 2.24. The number of anilines is 1. The number of carbonyl (C=O) groups is 2. The summed E-state index contributed by atoms with van der Waals surface area (Å²) in [7, 11) is 0. The van der Waals surface area contributed by atoms with E-state index in [2.05, 4.69) is 5.32 Å². The van der Waals surface area contributed by atoms with Gasteiger partial charge in [-0.2, -0.15) is 0 Å². The second kappa shape index (κ2) is 10.3. The van der Waals surface area contributed by atoms with Crippen LogP contribution in [0.4, 0.5) is 5.69 Å². The molecule has 0 saturated heterocycles. The van der Waals surface area contributed by atoms with E-state index in [-0.39, 0.29) is 11.6 Å². The van der Waals surface area contributed by atoms with Crippen LogP contribution in [0, 0.1) is 0 Å². The third-order valence-corrected chi connectivity index (χ3v) is 4.79. The van der Waals surface area contributed by atoms with Crippen LogP contribution >= 0.6 is 23.2 Å². The van der Waals surface area contributed by atoms with Gasteiger partial charge in [-0.15, -0.1) is 0 Å². The number of hydrogen-bond acceptors (Lipinski definition) is 3. The van der Waals surface area contributed by atoms with Crippen LogP contribution in [0.5, 0.6) is 0 Å². The number of benzene rings is 2. The number of rotatable bonds is 10. The maximum absolute atomic E-state index is 12.0. The Labute approximate surface area is 164 Å². The summed E-state index contributed by atoms with van der Waals surface area (Å²) >= 11 is 11.8. The lowest BCUT2D eigenvalue weighted by Gasteiger charge is -2.07. The lowest BCUT2D eigenvalue weighted by Crippen LogP contribution is -2.06. The molecule has 0 unspecified atom stereocenters. The highest BCUT2D eigenvalue weighted by molar-refractivity contribution is 6.42. The van der Waals surface area contributed by atoms with Crippen molar-refractivity contribution < 1.29 is 9.59 Å². The number of hydrogen-bond donors (Lipinski definition) is 1. The van der Waals surface area contributed by atoms with Crippen molar-refractivity contribution in [2.75, 3.05) is 11.9 Å². The first-order valence-electron chi connectivity index (χ1n) is 8.72. The summed E-state index contributed by atoms with van der Waals surface area (Å²) in [5, 5.41) is 4.29. The molecule has 26 heavy (non-hydrogen) atoms. The third kappa shape index (κ3) is 7.19. The quantitative estimate of drug-likeness (QED) is 0.542. The Hall–Kier alpha value is -1.84. The van der Waals surface area contributed by atoms with E-state index in [9.17, 15) is 9.59 Å². The zero-order valence-corrected chi connectivity index (χ0v) is 16.4. The van der Waals surface area contributed by atoms with E-state index in [1.807, 2.05) is 30.3 Å². The minimum atomic E-state index is 0.155. The predicted molar refractivity (Wildman–Crippen MR) is 108 cm³/mol. The average Bonchev–Trinajstić information content (AvgIpc) is 2.60. The van der Waals surface area contributed by atoms with Crippen molar-refractivity contribution in [2.45, 2.75) is 39.0 Å². The fraction of sp³-hybridized carbons (Fsp3) is 0.333. The monoisotopic (exact) mass is 391 g/mol. The minimum Gasteiger partial charge on any atom is -0.385 e. The molecular formula is C21H23Cl2NO2. The second-order valence-electron chi connectivity index (χ2n) is 6.39. The molecular weight excluding hydrogens is 369 g/mol. The third-order valence-electron chi connectivity index (χ3n) is 4.05. The van der Waals surface area contributed by atoms with Crippen molar-refractivity contribution in [3.63, 3.8) is 0 Å². The van der Waals surface area contributed by atoms with Gasteiger partial charge < -0.3 is 5.32 Å². The molecule has 2 rings (SSSR count). The van der Waals surface area contributed by atoms with Crippen LogP contribution in [0.2, 0.25) is 10.0 Å². The predicted octanol–water partition coefficient (Wildman–Crippen LogP) is 5.52. The van der Waals surface area contributed by atoms with E-state index >= 15 is 0 Å². The molecule has 0 saturated carbocycles. The van der Waals surface area contributed by atoms with Gasteiger partial charge in [0, 0.05) is 31.5 Å². The molecule has 0 aliphatic carbocycles. The summed E-state index contributed by atoms with van der Waals surface area (Å²) in [6.45, 7) is 2.30. The summed E-state index contributed by atoms with van der Waals surface area (Å²) in [5.41, 5.74) is 3.04. The molecule has 5 heteroatoms. The van der Waals surface area contributed by atoms with Gasteiger partial charge in [-0.25, -0.2) is 0 Å². The normalized spacial score (nSPS) is 10.6. The molecule has 0 radical (unpaired) electrons. The Morgan fingerprint density at radius 2 is 1.62 bits per heavy atom. The van der Waals surface area contributed by atoms with Crippen molar-refractivity contribution in [3.8, 4) is 0 Å². The summed E-state index contributed by atoms with van der Waals surface area (Å²) in [6, 6.07) is 13.3. The van der Waals surface area contributed by atoms with Crippen LogP contribution in [0.1, 0.15) is 37.3 Å². The fourth-order valence-electron chi connectivity index (χ4n) is 2.64. The Balaban J connectivity index is 1.65. The molecule has 0 atom stereocenters. The summed E-state index contributed by atoms with van der Waals surface area (Å²) in [5.74, 6) is 0.413. The zero-order valence-electron chi connectivity index (χ0n) is 14.9. The van der Waals surface area contributed by atoms with Crippen LogP contribution in [-0.4, -0.2) is 18.1 Å². The highest BCUT2D eigenvalue weighted by Gasteiger charge is 2.04. The van der Waals surface area contributed by atoms with Crippen LogP contribution < -0.4 is 5.32 Å². The van der Waals surface area contributed by atoms with Crippen molar-refractivity contribution in [1.82, 2.24) is 0 Å². The number of carbonyl (C=O) groups excluding carboxylic acids is 2. The van der Waals surface area contributed by atoms with Gasteiger partial charge in [0.15, 0.2) is 0 Å². The molecule has 1 N–H and O–H groups in total. The topological polar surface area (TPSA) is 46.2 Å². The summed E-state index contributed by atoms with van der Waals surface area (Å²) in [6.07, 6.45) is 3.07. The van der Waals surface area contributed by atoms with Crippen molar-refractivity contribution in [1.29, 1.82) is 0 Å². The maximum Gasteiger partial charge on any atom is 0.134 e. The van der Waals surface area contributed by atoms with Crippen molar-refractivity contribution >= 4 is 40.5 Å². The minimum absolute atomic E-state index is 0.155. The largest absolute Gasteiger partial charge is 0.385 e. The average molecular weight is 392 g/mol. The Bertz CT molecular complexity index is 757. The summed E-state index contributed by atoms with van der Waals surface area (Å²) in [4.78, 5) is 23.1. The molecule has 0 aromatic heterocycles. The van der Waals surface area contributed by atoms with Crippen LogP contribution in [0.3, 0.4) is 0 Å². The first kappa shape index (κ1) is 20.5. The van der Waals surface area contributed by atoms with Gasteiger partial charge in [0.2, 0.25) is 0 Å². The van der Waals surface area contributed by atoms with E-state index in [0.29, 0.717) is 35.9 Å². The van der Waals surface area contributed by atoms with Gasteiger partial charge in [-0.1, -0.05) is 47.5 Å². The number of Topliss-reactive ketones (excluding diaryl/α,β-unsaturated/α-hetero) is 2.